The highest BCUT2D eigenvalue weighted by Crippen LogP contribution is 2.64. The molecule has 4 aliphatic rings. The minimum absolute atomic E-state index is 0.0586. The fourth-order valence-corrected chi connectivity index (χ4v) is 6.33. The molecule has 1 aromatic heterocycles. The summed E-state index contributed by atoms with van der Waals surface area (Å²) in [5, 5.41) is 7.52. The van der Waals surface area contributed by atoms with Crippen molar-refractivity contribution in [1.29, 1.82) is 0 Å². The molecule has 0 spiro atoms. The van der Waals surface area contributed by atoms with Crippen LogP contribution < -0.4 is 5.32 Å². The number of halogens is 2. The van der Waals surface area contributed by atoms with Crippen LogP contribution in [-0.2, 0) is 10.3 Å². The van der Waals surface area contributed by atoms with E-state index < -0.39 is 11.2 Å². The molecule has 7 heteroatoms. The second kappa shape index (κ2) is 5.77. The first kappa shape index (κ1) is 17.2. The quantitative estimate of drug-likeness (QED) is 0.852. The van der Waals surface area contributed by atoms with Gasteiger partial charge in [-0.25, -0.2) is 14.1 Å². The van der Waals surface area contributed by atoms with Gasteiger partial charge in [0, 0.05) is 0 Å². The van der Waals surface area contributed by atoms with Crippen LogP contribution in [0.3, 0.4) is 0 Å². The van der Waals surface area contributed by atoms with Gasteiger partial charge in [0.15, 0.2) is 0 Å². The maximum atomic E-state index is 14.2. The van der Waals surface area contributed by atoms with E-state index >= 15 is 0 Å². The first-order valence-electron chi connectivity index (χ1n) is 9.53. The molecule has 6 rings (SSSR count). The van der Waals surface area contributed by atoms with E-state index in [1.807, 2.05) is 11.6 Å². The van der Waals surface area contributed by atoms with E-state index in [9.17, 15) is 9.18 Å². The van der Waals surface area contributed by atoms with Crippen LogP contribution >= 0.6 is 11.6 Å². The van der Waals surface area contributed by atoms with Crippen molar-refractivity contribution in [3.8, 4) is 0 Å². The fraction of sp³-hybridized carbons (Fsp3) is 0.550. The van der Waals surface area contributed by atoms with E-state index in [0.717, 1.165) is 37.7 Å². The number of nitrogens with zero attached hydrogens (tertiary/aromatic N) is 3. The van der Waals surface area contributed by atoms with E-state index in [4.69, 9.17) is 11.6 Å². The van der Waals surface area contributed by atoms with E-state index in [1.165, 1.54) is 6.07 Å². The molecule has 0 aliphatic heterocycles. The molecular weight excluding hydrogens is 367 g/mol. The largest absolute Gasteiger partial charge is 0.323 e. The third kappa shape index (κ3) is 2.68. The van der Waals surface area contributed by atoms with Crippen molar-refractivity contribution in [1.82, 2.24) is 14.8 Å². The third-order valence-electron chi connectivity index (χ3n) is 6.83. The summed E-state index contributed by atoms with van der Waals surface area (Å²) in [6.45, 7) is 1.89. The molecule has 142 valence electrons. The Morgan fingerprint density at radius 3 is 2.70 bits per heavy atom. The Kier molecular flexibility index (Phi) is 3.67. The molecule has 1 aromatic carbocycles. The number of carbonyl (C=O) groups excluding carboxylic acids is 1. The molecule has 1 amide bonds. The number of amides is 1. The highest BCUT2D eigenvalue weighted by Gasteiger charge is 2.61. The minimum atomic E-state index is -0.474. The minimum Gasteiger partial charge on any atom is -0.323 e. The zero-order valence-electron chi connectivity index (χ0n) is 15.2. The zero-order valence-corrected chi connectivity index (χ0v) is 16.0. The molecule has 4 bridgehead atoms. The highest BCUT2D eigenvalue weighted by atomic mass is 35.5. The number of rotatable bonds is 3. The van der Waals surface area contributed by atoms with Crippen molar-refractivity contribution in [2.45, 2.75) is 51.0 Å². The predicted molar refractivity (Wildman–Crippen MR) is 99.9 cm³/mol. The summed E-state index contributed by atoms with van der Waals surface area (Å²) in [7, 11) is 0. The lowest BCUT2D eigenvalue weighted by atomic mass is 9.46. The molecular formula is C20H22ClFN4O. The number of carbonyl (C=O) groups is 1. The summed E-state index contributed by atoms with van der Waals surface area (Å²) in [5.74, 6) is 0.526. The van der Waals surface area contributed by atoms with Gasteiger partial charge in [-0.3, -0.25) is 4.79 Å². The Bertz CT molecular complexity index is 912. The Balaban J connectivity index is 1.48. The van der Waals surface area contributed by atoms with Gasteiger partial charge in [-0.15, -0.1) is 5.10 Å². The topological polar surface area (TPSA) is 59.8 Å². The van der Waals surface area contributed by atoms with Gasteiger partial charge >= 0.3 is 0 Å². The number of aromatic nitrogens is 3. The Morgan fingerprint density at radius 1 is 1.30 bits per heavy atom. The molecule has 2 atom stereocenters. The van der Waals surface area contributed by atoms with E-state index in [1.54, 1.807) is 18.5 Å². The second-order valence-electron chi connectivity index (χ2n) is 8.86. The summed E-state index contributed by atoms with van der Waals surface area (Å²) in [6, 6.07) is 4.81. The van der Waals surface area contributed by atoms with E-state index in [-0.39, 0.29) is 22.4 Å². The molecule has 2 aromatic rings. The van der Waals surface area contributed by atoms with Crippen LogP contribution in [0.1, 0.15) is 44.1 Å². The second-order valence-corrected chi connectivity index (χ2v) is 9.20. The zero-order chi connectivity index (χ0) is 18.8. The van der Waals surface area contributed by atoms with Crippen molar-refractivity contribution in [2.75, 3.05) is 5.32 Å². The highest BCUT2D eigenvalue weighted by molar-refractivity contribution is 6.28. The molecule has 1 heterocycles. The normalized spacial score (nSPS) is 34.0. The van der Waals surface area contributed by atoms with Crippen LogP contribution in [0.25, 0.3) is 0 Å². The molecule has 27 heavy (non-hydrogen) atoms. The van der Waals surface area contributed by atoms with E-state index in [2.05, 4.69) is 15.4 Å². The standard InChI is InChI=1S/C20H22ClFN4O/c1-12-2-3-15(22)16(4-12)24-17(27)19-6-13-5-14(7-19)9-20(8-13,10-19)26-11-23-18(21)25-26/h2-4,11,13-14H,5-10H2,1H3,(H,24,27)/t13-,14-,19?,20?/m0/s1. The van der Waals surface area contributed by atoms with Gasteiger partial charge in [0.25, 0.3) is 0 Å². The van der Waals surface area contributed by atoms with Crippen molar-refractivity contribution in [3.05, 3.63) is 41.2 Å². The Labute approximate surface area is 162 Å². The maximum Gasteiger partial charge on any atom is 0.242 e. The van der Waals surface area contributed by atoms with Crippen molar-refractivity contribution >= 4 is 23.2 Å². The molecule has 4 saturated carbocycles. The summed E-state index contributed by atoms with van der Waals surface area (Å²) >= 11 is 5.97. The Hall–Kier alpha value is -1.95. The van der Waals surface area contributed by atoms with Crippen LogP contribution in [0.5, 0.6) is 0 Å². The lowest BCUT2D eigenvalue weighted by Gasteiger charge is -2.60. The average molecular weight is 389 g/mol. The number of aryl methyl sites for hydroxylation is 1. The monoisotopic (exact) mass is 388 g/mol. The number of nitrogens with one attached hydrogen (secondary N) is 1. The fourth-order valence-electron chi connectivity index (χ4n) is 6.21. The summed E-state index contributed by atoms with van der Waals surface area (Å²) < 4.78 is 16.1. The molecule has 0 unspecified atom stereocenters. The van der Waals surface area contributed by atoms with Crippen LogP contribution in [0.4, 0.5) is 10.1 Å². The molecule has 5 nitrogen and oxygen atoms in total. The van der Waals surface area contributed by atoms with Crippen LogP contribution in [-0.4, -0.2) is 20.7 Å². The molecule has 4 aliphatic carbocycles. The van der Waals surface area contributed by atoms with Crippen molar-refractivity contribution in [3.63, 3.8) is 0 Å². The van der Waals surface area contributed by atoms with Gasteiger partial charge in [-0.1, -0.05) is 6.07 Å². The summed E-state index contributed by atoms with van der Waals surface area (Å²) in [6.07, 6.45) is 7.33. The van der Waals surface area contributed by atoms with Crippen molar-refractivity contribution in [2.24, 2.45) is 17.3 Å². The van der Waals surface area contributed by atoms with Gasteiger partial charge in [0.2, 0.25) is 11.2 Å². The predicted octanol–water partition coefficient (Wildman–Crippen LogP) is 4.31. The molecule has 0 saturated heterocycles. The number of hydrogen-bond donors (Lipinski definition) is 1. The molecule has 1 N–H and O–H groups in total. The van der Waals surface area contributed by atoms with Crippen LogP contribution in [0, 0.1) is 30.0 Å². The van der Waals surface area contributed by atoms with Gasteiger partial charge in [-0.2, -0.15) is 0 Å². The van der Waals surface area contributed by atoms with Crippen molar-refractivity contribution < 1.29 is 9.18 Å². The van der Waals surface area contributed by atoms with Crippen LogP contribution in [0.15, 0.2) is 24.5 Å². The number of anilines is 1. The summed E-state index contributed by atoms with van der Waals surface area (Å²) in [4.78, 5) is 17.5. The van der Waals surface area contributed by atoms with Gasteiger partial charge < -0.3 is 5.32 Å². The number of benzene rings is 1. The first-order chi connectivity index (χ1) is 12.9. The lowest BCUT2D eigenvalue weighted by Crippen LogP contribution is -2.60. The Morgan fingerprint density at radius 2 is 2.04 bits per heavy atom. The SMILES string of the molecule is Cc1ccc(F)c(NC(=O)C23C[C@@H]4C[C@@H](C2)CC(n2cnc(Cl)n2)(C4)C3)c1. The average Bonchev–Trinajstić information content (AvgIpc) is 3.04. The third-order valence-corrected chi connectivity index (χ3v) is 7.01. The lowest BCUT2D eigenvalue weighted by molar-refractivity contribution is -0.150. The first-order valence-corrected chi connectivity index (χ1v) is 9.91. The number of hydrogen-bond acceptors (Lipinski definition) is 3. The summed E-state index contributed by atoms with van der Waals surface area (Å²) in [5.41, 5.74) is 0.519. The maximum absolute atomic E-state index is 14.2. The van der Waals surface area contributed by atoms with Gasteiger partial charge in [-0.05, 0) is 86.6 Å². The smallest absolute Gasteiger partial charge is 0.242 e. The molecule has 0 radical (unpaired) electrons. The van der Waals surface area contributed by atoms with Crippen LogP contribution in [0.2, 0.25) is 5.28 Å². The van der Waals surface area contributed by atoms with E-state index in [0.29, 0.717) is 18.3 Å². The van der Waals surface area contributed by atoms with Gasteiger partial charge in [0.1, 0.15) is 12.1 Å². The van der Waals surface area contributed by atoms with Gasteiger partial charge in [0.05, 0.1) is 16.6 Å². The molecule has 4 fully saturated rings.